The molecule has 0 radical (unpaired) electrons. The standard InChI is InChI=1S/C26H25Cl2N3O8/c27-16-8-4-9-17(28)23(16)26(38)39-13-20(32)19(11-22(34)35)30-21(33)12-29-24(36)25(37)31-18-10-3-6-14-5-1-2-7-15(14)18/h3-4,6,8-10,19H,1-2,5,7,11-13H2,(H,29,36)(H,30,33)(H,31,37)(H,34,35)/t19-/m0/s1. The van der Waals surface area contributed by atoms with Gasteiger partial charge in [-0.2, -0.15) is 0 Å². The maximum Gasteiger partial charge on any atom is 0.341 e. The van der Waals surface area contributed by atoms with Crippen LogP contribution in [0.2, 0.25) is 10.0 Å². The molecule has 1 aliphatic carbocycles. The second-order valence-corrected chi connectivity index (χ2v) is 9.46. The third-order valence-electron chi connectivity index (χ3n) is 5.87. The van der Waals surface area contributed by atoms with Gasteiger partial charge in [0, 0.05) is 5.69 Å². The number of esters is 1. The number of aryl methyl sites for hydroxylation is 1. The van der Waals surface area contributed by atoms with Crippen molar-refractivity contribution in [1.29, 1.82) is 0 Å². The number of fused-ring (bicyclic) bond motifs is 1. The van der Waals surface area contributed by atoms with Gasteiger partial charge < -0.3 is 25.8 Å². The van der Waals surface area contributed by atoms with Gasteiger partial charge in [0.05, 0.1) is 28.6 Å². The summed E-state index contributed by atoms with van der Waals surface area (Å²) in [5.74, 6) is -6.37. The molecule has 206 valence electrons. The summed E-state index contributed by atoms with van der Waals surface area (Å²) in [5, 5.41) is 15.9. The van der Waals surface area contributed by atoms with E-state index in [-0.39, 0.29) is 15.6 Å². The minimum absolute atomic E-state index is 0.0118. The van der Waals surface area contributed by atoms with E-state index in [9.17, 15) is 28.8 Å². The molecule has 2 aromatic rings. The zero-order chi connectivity index (χ0) is 28.5. The predicted molar refractivity (Wildman–Crippen MR) is 141 cm³/mol. The lowest BCUT2D eigenvalue weighted by Gasteiger charge is -2.19. The Balaban J connectivity index is 1.52. The molecule has 0 heterocycles. The van der Waals surface area contributed by atoms with E-state index in [0.717, 1.165) is 36.8 Å². The van der Waals surface area contributed by atoms with E-state index in [1.54, 1.807) is 12.1 Å². The number of carbonyl (C=O) groups is 6. The van der Waals surface area contributed by atoms with E-state index >= 15 is 0 Å². The summed E-state index contributed by atoms with van der Waals surface area (Å²) in [6.07, 6.45) is 2.85. The van der Waals surface area contributed by atoms with Gasteiger partial charge in [-0.1, -0.05) is 41.4 Å². The maximum absolute atomic E-state index is 12.5. The smallest absolute Gasteiger partial charge is 0.341 e. The molecule has 3 rings (SSSR count). The number of carboxylic acids is 1. The van der Waals surface area contributed by atoms with Crippen molar-refractivity contribution >= 4 is 64.3 Å². The summed E-state index contributed by atoms with van der Waals surface area (Å²) >= 11 is 11.9. The van der Waals surface area contributed by atoms with E-state index < -0.39 is 61.1 Å². The molecule has 0 fully saturated rings. The van der Waals surface area contributed by atoms with Crippen molar-refractivity contribution in [3.63, 3.8) is 0 Å². The van der Waals surface area contributed by atoms with Crippen molar-refractivity contribution in [2.45, 2.75) is 38.1 Å². The number of hydrogen-bond acceptors (Lipinski definition) is 7. The number of carboxylic acid groups (broad SMARTS) is 1. The molecule has 2 aromatic carbocycles. The number of rotatable bonds is 10. The highest BCUT2D eigenvalue weighted by Crippen LogP contribution is 2.28. The Morgan fingerprint density at radius 1 is 0.923 bits per heavy atom. The number of aliphatic carboxylic acids is 1. The van der Waals surface area contributed by atoms with E-state index in [2.05, 4.69) is 16.0 Å². The van der Waals surface area contributed by atoms with Crippen LogP contribution >= 0.6 is 23.2 Å². The minimum atomic E-state index is -1.58. The number of nitrogens with one attached hydrogen (secondary N) is 3. The van der Waals surface area contributed by atoms with Crippen molar-refractivity contribution in [3.05, 3.63) is 63.1 Å². The largest absolute Gasteiger partial charge is 0.481 e. The van der Waals surface area contributed by atoms with Crippen LogP contribution < -0.4 is 16.0 Å². The fourth-order valence-electron chi connectivity index (χ4n) is 3.99. The van der Waals surface area contributed by atoms with Crippen LogP contribution in [0.4, 0.5) is 5.69 Å². The van der Waals surface area contributed by atoms with Gasteiger partial charge in [-0.3, -0.25) is 24.0 Å². The molecular formula is C26H25Cl2N3O8. The molecule has 0 aliphatic heterocycles. The first-order valence-corrected chi connectivity index (χ1v) is 12.7. The molecule has 1 aliphatic rings. The lowest BCUT2D eigenvalue weighted by Crippen LogP contribution is -2.48. The molecule has 0 bridgehead atoms. The summed E-state index contributed by atoms with van der Waals surface area (Å²) in [6, 6.07) is 8.15. The average molecular weight is 578 g/mol. The Morgan fingerprint density at radius 3 is 2.28 bits per heavy atom. The first kappa shape index (κ1) is 29.6. The zero-order valence-electron chi connectivity index (χ0n) is 20.6. The molecule has 13 heteroatoms. The third kappa shape index (κ3) is 8.26. The van der Waals surface area contributed by atoms with E-state index in [1.165, 1.54) is 18.2 Å². The van der Waals surface area contributed by atoms with Gasteiger partial charge >= 0.3 is 23.8 Å². The van der Waals surface area contributed by atoms with Crippen LogP contribution in [0.25, 0.3) is 0 Å². The van der Waals surface area contributed by atoms with Crippen molar-refractivity contribution in [2.24, 2.45) is 0 Å². The lowest BCUT2D eigenvalue weighted by atomic mass is 9.90. The molecule has 0 spiro atoms. The van der Waals surface area contributed by atoms with Gasteiger partial charge in [0.1, 0.15) is 6.04 Å². The maximum atomic E-state index is 12.5. The monoisotopic (exact) mass is 577 g/mol. The topological polar surface area (TPSA) is 168 Å². The SMILES string of the molecule is O=C(O)C[C@H](NC(=O)CNC(=O)C(=O)Nc1cccc2c1CCCC2)C(=O)COC(=O)c1c(Cl)cccc1Cl. The van der Waals surface area contributed by atoms with Gasteiger partial charge in [0.25, 0.3) is 0 Å². The Bertz CT molecular complexity index is 1290. The van der Waals surface area contributed by atoms with Crippen LogP contribution in [-0.4, -0.2) is 59.7 Å². The fraction of sp³-hybridized carbons (Fsp3) is 0.308. The Labute approximate surface area is 233 Å². The average Bonchev–Trinajstić information content (AvgIpc) is 2.89. The number of halogens is 2. The van der Waals surface area contributed by atoms with Gasteiger partial charge in [-0.25, -0.2) is 4.79 Å². The van der Waals surface area contributed by atoms with E-state index in [0.29, 0.717) is 5.69 Å². The molecule has 4 N–H and O–H groups in total. The normalized spacial score (nSPS) is 12.9. The predicted octanol–water partition coefficient (Wildman–Crippen LogP) is 2.31. The van der Waals surface area contributed by atoms with Crippen LogP contribution in [0, 0.1) is 0 Å². The van der Waals surface area contributed by atoms with Gasteiger partial charge in [-0.15, -0.1) is 0 Å². The first-order valence-electron chi connectivity index (χ1n) is 11.9. The lowest BCUT2D eigenvalue weighted by molar-refractivity contribution is -0.141. The molecule has 39 heavy (non-hydrogen) atoms. The summed E-state index contributed by atoms with van der Waals surface area (Å²) in [4.78, 5) is 72.9. The van der Waals surface area contributed by atoms with Crippen LogP contribution in [0.15, 0.2) is 36.4 Å². The molecule has 11 nitrogen and oxygen atoms in total. The molecular weight excluding hydrogens is 553 g/mol. The number of amides is 3. The van der Waals surface area contributed by atoms with Crippen LogP contribution in [0.3, 0.4) is 0 Å². The highest BCUT2D eigenvalue weighted by molar-refractivity contribution is 6.40. The second-order valence-electron chi connectivity index (χ2n) is 8.64. The number of anilines is 1. The van der Waals surface area contributed by atoms with Crippen molar-refractivity contribution in [2.75, 3.05) is 18.5 Å². The highest BCUT2D eigenvalue weighted by atomic mass is 35.5. The number of ether oxygens (including phenoxy) is 1. The molecule has 3 amide bonds. The van der Waals surface area contributed by atoms with Crippen molar-refractivity contribution in [1.82, 2.24) is 10.6 Å². The fourth-order valence-corrected chi connectivity index (χ4v) is 4.54. The summed E-state index contributed by atoms with van der Waals surface area (Å²) in [7, 11) is 0. The van der Waals surface area contributed by atoms with Gasteiger partial charge in [-0.05, 0) is 55.0 Å². The number of ketones is 1. The van der Waals surface area contributed by atoms with E-state index in [4.69, 9.17) is 33.0 Å². The van der Waals surface area contributed by atoms with Crippen LogP contribution in [-0.2, 0) is 41.6 Å². The Hall–Kier alpha value is -3.96. The molecule has 0 unspecified atom stereocenters. The quantitative estimate of drug-likeness (QED) is 0.246. The molecule has 0 saturated heterocycles. The van der Waals surface area contributed by atoms with Gasteiger partial charge in [0.2, 0.25) is 5.91 Å². The summed E-state index contributed by atoms with van der Waals surface area (Å²) < 4.78 is 4.90. The number of hydrogen-bond donors (Lipinski definition) is 4. The third-order valence-corrected chi connectivity index (χ3v) is 6.50. The Morgan fingerprint density at radius 2 is 1.59 bits per heavy atom. The number of Topliss-reactive ketones (excluding diaryl/α,β-unsaturated/α-hetero) is 1. The van der Waals surface area contributed by atoms with Crippen molar-refractivity contribution < 1.29 is 38.6 Å². The van der Waals surface area contributed by atoms with Crippen LogP contribution in [0.1, 0.15) is 40.7 Å². The number of carbonyl (C=O) groups excluding carboxylic acids is 5. The van der Waals surface area contributed by atoms with E-state index in [1.807, 2.05) is 6.07 Å². The minimum Gasteiger partial charge on any atom is -0.481 e. The van der Waals surface area contributed by atoms with Gasteiger partial charge in [0.15, 0.2) is 12.4 Å². The molecule has 1 atom stereocenters. The first-order chi connectivity index (χ1) is 18.6. The summed E-state index contributed by atoms with van der Waals surface area (Å²) in [5.41, 5.74) is 2.42. The molecule has 0 saturated carbocycles. The Kier molecular flexibility index (Phi) is 10.4. The van der Waals surface area contributed by atoms with Crippen molar-refractivity contribution in [3.8, 4) is 0 Å². The highest BCUT2D eigenvalue weighted by Gasteiger charge is 2.27. The summed E-state index contributed by atoms with van der Waals surface area (Å²) in [6.45, 7) is -1.59. The second kappa shape index (κ2) is 13.7. The number of benzene rings is 2. The van der Waals surface area contributed by atoms with Crippen LogP contribution in [0.5, 0.6) is 0 Å². The zero-order valence-corrected chi connectivity index (χ0v) is 22.1. The molecule has 0 aromatic heterocycles.